The van der Waals surface area contributed by atoms with Crippen molar-refractivity contribution in [2.75, 3.05) is 18.2 Å². The molecule has 8 heteroatoms. The Morgan fingerprint density at radius 3 is 2.96 bits per heavy atom. The van der Waals surface area contributed by atoms with Gasteiger partial charge in [-0.3, -0.25) is 4.79 Å². The van der Waals surface area contributed by atoms with Crippen molar-refractivity contribution in [1.29, 1.82) is 0 Å². The van der Waals surface area contributed by atoms with Gasteiger partial charge in [0.2, 0.25) is 5.91 Å². The van der Waals surface area contributed by atoms with Crippen LogP contribution in [0, 0.1) is 0 Å². The van der Waals surface area contributed by atoms with E-state index in [0.29, 0.717) is 10.3 Å². The molecule has 0 aliphatic carbocycles. The number of fused-ring (bicyclic) bond motifs is 2. The zero-order chi connectivity index (χ0) is 17.2. The average Bonchev–Trinajstić information content (AvgIpc) is 3.21. The molecule has 126 valence electrons. The number of nitrogens with one attached hydrogen (secondary N) is 2. The minimum absolute atomic E-state index is 0.109. The Morgan fingerprint density at radius 2 is 2.12 bits per heavy atom. The van der Waals surface area contributed by atoms with Gasteiger partial charge in [-0.2, -0.15) is 0 Å². The second kappa shape index (κ2) is 6.73. The van der Waals surface area contributed by atoms with Crippen LogP contribution in [0.15, 0.2) is 47.6 Å². The fraction of sp³-hybridized carbons (Fsp3) is 0.118. The number of carbonyl (C=O) groups excluding carboxylic acids is 1. The maximum atomic E-state index is 12.2. The summed E-state index contributed by atoms with van der Waals surface area (Å²) in [7, 11) is 1.62. The molecule has 4 aromatic rings. The van der Waals surface area contributed by atoms with Crippen molar-refractivity contribution in [2.45, 2.75) is 5.16 Å². The van der Waals surface area contributed by atoms with E-state index in [1.165, 1.54) is 23.1 Å². The summed E-state index contributed by atoms with van der Waals surface area (Å²) < 4.78 is 6.25. The van der Waals surface area contributed by atoms with E-state index < -0.39 is 0 Å². The molecule has 0 radical (unpaired) electrons. The van der Waals surface area contributed by atoms with Crippen molar-refractivity contribution in [2.24, 2.45) is 0 Å². The lowest BCUT2D eigenvalue weighted by atomic mass is 10.3. The van der Waals surface area contributed by atoms with Gasteiger partial charge in [0, 0.05) is 6.07 Å². The Morgan fingerprint density at radius 1 is 1.24 bits per heavy atom. The zero-order valence-electron chi connectivity index (χ0n) is 13.3. The summed E-state index contributed by atoms with van der Waals surface area (Å²) in [5.74, 6) is 0.913. The first kappa shape index (κ1) is 15.9. The molecule has 4 rings (SSSR count). The fourth-order valence-corrected chi connectivity index (χ4v) is 3.94. The number of carbonyl (C=O) groups is 1. The quantitative estimate of drug-likeness (QED) is 0.521. The molecule has 0 saturated carbocycles. The van der Waals surface area contributed by atoms with Crippen LogP contribution in [0.1, 0.15) is 0 Å². The predicted octanol–water partition coefficient (Wildman–Crippen LogP) is 3.91. The monoisotopic (exact) mass is 370 g/mol. The van der Waals surface area contributed by atoms with Crippen molar-refractivity contribution in [3.8, 4) is 5.75 Å². The number of thiazole rings is 1. The molecule has 25 heavy (non-hydrogen) atoms. The lowest BCUT2D eigenvalue weighted by Gasteiger charge is -1.99. The van der Waals surface area contributed by atoms with Gasteiger partial charge in [0.1, 0.15) is 5.75 Å². The summed E-state index contributed by atoms with van der Waals surface area (Å²) in [5.41, 5.74) is 2.62. The van der Waals surface area contributed by atoms with Crippen LogP contribution in [-0.4, -0.2) is 33.7 Å². The standard InChI is InChI=1S/C17H14N4O2S2/c1-23-10-6-7-11-13(8-10)20-16(18-11)24-9-15(22)21-17-19-12-4-2-3-5-14(12)25-17/h2-8H,9H2,1H3,(H,18,20)(H,19,21,22). The minimum atomic E-state index is -0.109. The average molecular weight is 370 g/mol. The molecule has 0 saturated heterocycles. The van der Waals surface area contributed by atoms with Gasteiger partial charge in [-0.1, -0.05) is 35.2 Å². The van der Waals surface area contributed by atoms with Gasteiger partial charge in [-0.25, -0.2) is 9.97 Å². The molecule has 2 heterocycles. The highest BCUT2D eigenvalue weighted by Gasteiger charge is 2.10. The van der Waals surface area contributed by atoms with E-state index in [2.05, 4.69) is 20.3 Å². The number of anilines is 1. The first-order valence-electron chi connectivity index (χ1n) is 7.53. The molecule has 0 aliphatic heterocycles. The first-order chi connectivity index (χ1) is 12.2. The van der Waals surface area contributed by atoms with Crippen molar-refractivity contribution < 1.29 is 9.53 Å². The second-order valence-electron chi connectivity index (χ2n) is 5.25. The molecule has 0 aliphatic rings. The number of aromatic nitrogens is 3. The Kier molecular flexibility index (Phi) is 4.29. The Balaban J connectivity index is 1.41. The minimum Gasteiger partial charge on any atom is -0.497 e. The first-order valence-corrected chi connectivity index (χ1v) is 9.33. The molecule has 0 fully saturated rings. The van der Waals surface area contributed by atoms with Crippen LogP contribution < -0.4 is 10.1 Å². The topological polar surface area (TPSA) is 79.9 Å². The van der Waals surface area contributed by atoms with Gasteiger partial charge >= 0.3 is 0 Å². The molecule has 0 atom stereocenters. The van der Waals surface area contributed by atoms with Crippen LogP contribution in [0.2, 0.25) is 0 Å². The Hall–Kier alpha value is -2.58. The van der Waals surface area contributed by atoms with Gasteiger partial charge in [0.25, 0.3) is 0 Å². The summed E-state index contributed by atoms with van der Waals surface area (Å²) in [4.78, 5) is 24.2. The second-order valence-corrected chi connectivity index (χ2v) is 7.24. The van der Waals surface area contributed by atoms with E-state index >= 15 is 0 Å². The third-order valence-corrected chi connectivity index (χ3v) is 5.37. The Bertz CT molecular complexity index is 1020. The van der Waals surface area contributed by atoms with Crippen molar-refractivity contribution in [3.63, 3.8) is 0 Å². The number of amides is 1. The third kappa shape index (κ3) is 3.45. The van der Waals surface area contributed by atoms with E-state index in [1.807, 2.05) is 42.5 Å². The number of thioether (sulfide) groups is 1. The van der Waals surface area contributed by atoms with Gasteiger partial charge in [0.05, 0.1) is 34.1 Å². The zero-order valence-corrected chi connectivity index (χ0v) is 14.9. The number of hydrogen-bond acceptors (Lipinski definition) is 6. The summed E-state index contributed by atoms with van der Waals surface area (Å²) in [6.07, 6.45) is 0. The highest BCUT2D eigenvalue weighted by atomic mass is 32.2. The Labute approximate surface area is 151 Å². The lowest BCUT2D eigenvalue weighted by molar-refractivity contribution is -0.113. The number of methoxy groups -OCH3 is 1. The molecule has 6 nitrogen and oxygen atoms in total. The molecule has 0 spiro atoms. The number of H-pyrrole nitrogens is 1. The van der Waals surface area contributed by atoms with Crippen molar-refractivity contribution in [1.82, 2.24) is 15.0 Å². The van der Waals surface area contributed by atoms with E-state index in [-0.39, 0.29) is 11.7 Å². The molecular weight excluding hydrogens is 356 g/mol. The number of imidazole rings is 1. The number of hydrogen-bond donors (Lipinski definition) is 2. The van der Waals surface area contributed by atoms with Crippen LogP contribution in [-0.2, 0) is 4.79 Å². The fourth-order valence-electron chi connectivity index (χ4n) is 2.38. The van der Waals surface area contributed by atoms with Gasteiger partial charge < -0.3 is 15.0 Å². The van der Waals surface area contributed by atoms with Gasteiger partial charge in [-0.15, -0.1) is 0 Å². The molecule has 2 aromatic carbocycles. The number of ether oxygens (including phenoxy) is 1. The van der Waals surface area contributed by atoms with E-state index in [9.17, 15) is 4.79 Å². The smallest absolute Gasteiger partial charge is 0.236 e. The van der Waals surface area contributed by atoms with Gasteiger partial charge in [0.15, 0.2) is 10.3 Å². The summed E-state index contributed by atoms with van der Waals surface area (Å²) >= 11 is 2.82. The predicted molar refractivity (Wildman–Crippen MR) is 102 cm³/mol. The number of benzene rings is 2. The molecule has 1 amide bonds. The van der Waals surface area contributed by atoms with E-state index in [4.69, 9.17) is 4.74 Å². The van der Waals surface area contributed by atoms with E-state index in [0.717, 1.165) is 27.0 Å². The third-order valence-electron chi connectivity index (χ3n) is 3.55. The number of nitrogens with zero attached hydrogens (tertiary/aromatic N) is 2. The summed E-state index contributed by atoms with van der Waals surface area (Å²) in [6.45, 7) is 0. The number of para-hydroxylation sites is 1. The van der Waals surface area contributed by atoms with E-state index in [1.54, 1.807) is 7.11 Å². The largest absolute Gasteiger partial charge is 0.497 e. The number of aromatic amines is 1. The SMILES string of the molecule is COc1ccc2nc(SCC(=O)Nc3nc4ccccc4s3)[nH]c2c1. The summed E-state index contributed by atoms with van der Waals surface area (Å²) in [5, 5.41) is 4.15. The molecule has 0 bridgehead atoms. The van der Waals surface area contributed by atoms with Crippen LogP contribution in [0.5, 0.6) is 5.75 Å². The maximum absolute atomic E-state index is 12.2. The maximum Gasteiger partial charge on any atom is 0.236 e. The molecule has 0 unspecified atom stereocenters. The van der Waals surface area contributed by atoms with Crippen molar-refractivity contribution >= 4 is 55.4 Å². The lowest BCUT2D eigenvalue weighted by Crippen LogP contribution is -2.13. The van der Waals surface area contributed by atoms with Crippen LogP contribution in [0.3, 0.4) is 0 Å². The molecule has 2 aromatic heterocycles. The molecule has 2 N–H and O–H groups in total. The van der Waals surface area contributed by atoms with Crippen LogP contribution in [0.25, 0.3) is 21.3 Å². The highest BCUT2D eigenvalue weighted by molar-refractivity contribution is 7.99. The number of rotatable bonds is 5. The summed E-state index contributed by atoms with van der Waals surface area (Å²) in [6, 6.07) is 13.4. The normalized spacial score (nSPS) is 11.1. The van der Waals surface area contributed by atoms with Crippen molar-refractivity contribution in [3.05, 3.63) is 42.5 Å². The van der Waals surface area contributed by atoms with Crippen LogP contribution >= 0.6 is 23.1 Å². The van der Waals surface area contributed by atoms with Gasteiger partial charge in [-0.05, 0) is 24.3 Å². The highest BCUT2D eigenvalue weighted by Crippen LogP contribution is 2.26. The van der Waals surface area contributed by atoms with Crippen LogP contribution in [0.4, 0.5) is 5.13 Å². The molecular formula is C17H14N4O2S2.